The Hall–Kier alpha value is -4.98. The molecule has 2 aromatic rings. The van der Waals surface area contributed by atoms with Crippen LogP contribution in [0.15, 0.2) is 60.7 Å². The number of nitrogens with one attached hydrogen (secondary N) is 3. The number of carboxylic acids is 2. The maximum atomic E-state index is 13.0. The Kier molecular flexibility index (Phi) is 18.3. The van der Waals surface area contributed by atoms with Gasteiger partial charge in [-0.2, -0.15) is 0 Å². The average molecular weight is 657 g/mol. The highest BCUT2D eigenvalue weighted by molar-refractivity contribution is 5.88. The number of hydrogen-bond acceptors (Lipinski definition) is 9. The van der Waals surface area contributed by atoms with Gasteiger partial charge in [0.05, 0.1) is 19.6 Å². The van der Waals surface area contributed by atoms with E-state index in [0.717, 1.165) is 16.0 Å². The molecule has 0 aliphatic heterocycles. The number of rotatable bonds is 23. The Labute approximate surface area is 273 Å². The molecule has 0 spiro atoms. The summed E-state index contributed by atoms with van der Waals surface area (Å²) in [5.41, 5.74) is 1.75. The van der Waals surface area contributed by atoms with Crippen molar-refractivity contribution in [3.05, 3.63) is 71.8 Å². The minimum atomic E-state index is -1.30. The minimum Gasteiger partial charge on any atom is -0.480 e. The molecule has 0 saturated heterocycles. The van der Waals surface area contributed by atoms with Crippen molar-refractivity contribution in [3.8, 4) is 0 Å². The Morgan fingerprint density at radius 1 is 0.660 bits per heavy atom. The molecule has 0 heterocycles. The van der Waals surface area contributed by atoms with Crippen molar-refractivity contribution in [2.45, 2.75) is 64.2 Å². The van der Waals surface area contributed by atoms with Gasteiger partial charge in [-0.15, -0.1) is 0 Å². The first kappa shape index (κ1) is 38.2. The largest absolute Gasteiger partial charge is 0.480 e. The molecule has 0 bridgehead atoms. The number of benzene rings is 2. The Bertz CT molecular complexity index is 1260. The highest BCUT2D eigenvalue weighted by Crippen LogP contribution is 2.07. The van der Waals surface area contributed by atoms with E-state index in [2.05, 4.69) is 16.0 Å². The van der Waals surface area contributed by atoms with E-state index in [-0.39, 0.29) is 38.6 Å². The molecule has 0 aliphatic rings. The lowest BCUT2D eigenvalue weighted by atomic mass is 10.1. The fraction of sp³-hybridized carbons (Fsp3) is 0.455. The molecule has 0 aliphatic carbocycles. The molecule has 47 heavy (non-hydrogen) atoms. The Morgan fingerprint density at radius 3 is 1.81 bits per heavy atom. The first-order chi connectivity index (χ1) is 22.6. The van der Waals surface area contributed by atoms with Gasteiger partial charge in [-0.3, -0.25) is 28.9 Å². The van der Waals surface area contributed by atoms with Crippen LogP contribution in [-0.4, -0.2) is 89.7 Å². The lowest BCUT2D eigenvalue weighted by Crippen LogP contribution is -2.50. The monoisotopic (exact) mass is 656 g/mol. The molecular formula is C33H44N4O10. The maximum absolute atomic E-state index is 13.0. The molecular weight excluding hydrogens is 612 g/mol. The molecule has 1 unspecified atom stereocenters. The molecule has 0 radical (unpaired) electrons. The van der Waals surface area contributed by atoms with Gasteiger partial charge in [0.2, 0.25) is 11.8 Å². The van der Waals surface area contributed by atoms with Crippen LogP contribution in [0.25, 0.3) is 0 Å². The smallest absolute Gasteiger partial charge is 0.407 e. The quantitative estimate of drug-likeness (QED) is 0.0869. The summed E-state index contributed by atoms with van der Waals surface area (Å²) in [4.78, 5) is 72.8. The van der Waals surface area contributed by atoms with Gasteiger partial charge in [-0.1, -0.05) is 67.1 Å². The van der Waals surface area contributed by atoms with Crippen LogP contribution >= 0.6 is 0 Å². The standard InChI is InChI=1S/C33H44N4O10/c38-28(20-37(21-29(39)40)22-30(41)42)36-27(16-9-11-19-35-33(45)47-24-26-14-6-2-7-15-26)32(44)34-18-10-3-8-17-31(43)46-23-25-12-4-1-5-13-25/h1-2,4-7,12-15,27H,3,8-11,16-24H2,(H,34,44)(H,35,45)(H,36,38)(H,39,40)(H,41,42). The molecule has 0 aromatic heterocycles. The van der Waals surface area contributed by atoms with Gasteiger partial charge in [0.25, 0.3) is 0 Å². The third-order valence-corrected chi connectivity index (χ3v) is 6.74. The molecule has 1 atom stereocenters. The lowest BCUT2D eigenvalue weighted by Gasteiger charge is -2.22. The zero-order chi connectivity index (χ0) is 34.3. The molecule has 256 valence electrons. The van der Waals surface area contributed by atoms with E-state index in [1.54, 1.807) is 0 Å². The van der Waals surface area contributed by atoms with Crippen molar-refractivity contribution in [1.29, 1.82) is 0 Å². The van der Waals surface area contributed by atoms with E-state index in [1.807, 2.05) is 60.7 Å². The number of carbonyl (C=O) groups is 6. The third kappa shape index (κ3) is 18.6. The molecule has 2 aromatic carbocycles. The number of amides is 3. The van der Waals surface area contributed by atoms with Crippen molar-refractivity contribution < 1.29 is 48.5 Å². The first-order valence-corrected chi connectivity index (χ1v) is 15.5. The zero-order valence-corrected chi connectivity index (χ0v) is 26.4. The second-order valence-corrected chi connectivity index (χ2v) is 10.8. The van der Waals surface area contributed by atoms with Crippen LogP contribution < -0.4 is 16.0 Å². The van der Waals surface area contributed by atoms with Crippen LogP contribution in [0.5, 0.6) is 0 Å². The highest BCUT2D eigenvalue weighted by atomic mass is 16.5. The summed E-state index contributed by atoms with van der Waals surface area (Å²) < 4.78 is 10.4. The predicted octanol–water partition coefficient (Wildman–Crippen LogP) is 2.46. The maximum Gasteiger partial charge on any atom is 0.407 e. The van der Waals surface area contributed by atoms with Gasteiger partial charge >= 0.3 is 24.0 Å². The van der Waals surface area contributed by atoms with Crippen molar-refractivity contribution in [3.63, 3.8) is 0 Å². The number of esters is 1. The van der Waals surface area contributed by atoms with Crippen LogP contribution in [0.1, 0.15) is 56.1 Å². The predicted molar refractivity (Wildman–Crippen MR) is 170 cm³/mol. The Balaban J connectivity index is 1.77. The number of hydrogen-bond donors (Lipinski definition) is 5. The number of ether oxygens (including phenoxy) is 2. The van der Waals surface area contributed by atoms with E-state index in [1.165, 1.54) is 0 Å². The molecule has 14 heteroatoms. The van der Waals surface area contributed by atoms with Gasteiger partial charge in [0, 0.05) is 19.5 Å². The summed E-state index contributed by atoms with van der Waals surface area (Å²) in [6.45, 7) is -0.956. The van der Waals surface area contributed by atoms with Crippen LogP contribution in [0, 0.1) is 0 Å². The highest BCUT2D eigenvalue weighted by Gasteiger charge is 2.23. The second-order valence-electron chi connectivity index (χ2n) is 10.8. The molecule has 0 fully saturated rings. The SMILES string of the molecule is O=C(O)CN(CC(=O)O)CC(=O)NC(CCCCNC(=O)OCc1ccccc1)C(=O)NCCCCCC(=O)OCc1ccccc1. The van der Waals surface area contributed by atoms with Crippen LogP contribution in [0.3, 0.4) is 0 Å². The number of unbranched alkanes of at least 4 members (excludes halogenated alkanes) is 3. The van der Waals surface area contributed by atoms with Crippen molar-refractivity contribution in [2.75, 3.05) is 32.7 Å². The molecule has 2 rings (SSSR count). The van der Waals surface area contributed by atoms with Crippen LogP contribution in [0.4, 0.5) is 4.79 Å². The van der Waals surface area contributed by atoms with Crippen LogP contribution in [-0.2, 0) is 46.7 Å². The van der Waals surface area contributed by atoms with Crippen molar-refractivity contribution in [2.24, 2.45) is 0 Å². The van der Waals surface area contributed by atoms with E-state index >= 15 is 0 Å². The van der Waals surface area contributed by atoms with E-state index in [9.17, 15) is 28.8 Å². The zero-order valence-electron chi connectivity index (χ0n) is 26.4. The summed E-state index contributed by atoms with van der Waals surface area (Å²) in [5.74, 6) is -4.07. The van der Waals surface area contributed by atoms with Crippen LogP contribution in [0.2, 0.25) is 0 Å². The number of nitrogens with zero attached hydrogens (tertiary/aromatic N) is 1. The summed E-state index contributed by atoms with van der Waals surface area (Å²) in [6, 6.07) is 17.6. The number of carbonyl (C=O) groups excluding carboxylic acids is 4. The number of alkyl carbamates (subject to hydrolysis) is 1. The van der Waals surface area contributed by atoms with E-state index < -0.39 is 55.5 Å². The summed E-state index contributed by atoms with van der Waals surface area (Å²) in [6.07, 6.45) is 2.61. The van der Waals surface area contributed by atoms with Gasteiger partial charge in [0.1, 0.15) is 19.3 Å². The summed E-state index contributed by atoms with van der Waals surface area (Å²) >= 11 is 0. The normalized spacial score (nSPS) is 11.3. The Morgan fingerprint density at radius 2 is 1.21 bits per heavy atom. The molecule has 0 saturated carbocycles. The van der Waals surface area contributed by atoms with E-state index in [0.29, 0.717) is 38.6 Å². The topological polar surface area (TPSA) is 201 Å². The lowest BCUT2D eigenvalue weighted by molar-refractivity contribution is -0.145. The van der Waals surface area contributed by atoms with Gasteiger partial charge in [0.15, 0.2) is 0 Å². The molecule has 5 N–H and O–H groups in total. The second kappa shape index (κ2) is 22.5. The molecule has 3 amide bonds. The summed E-state index contributed by atoms with van der Waals surface area (Å²) in [7, 11) is 0. The summed E-state index contributed by atoms with van der Waals surface area (Å²) in [5, 5.41) is 26.1. The van der Waals surface area contributed by atoms with E-state index in [4.69, 9.17) is 19.7 Å². The van der Waals surface area contributed by atoms with Gasteiger partial charge in [-0.25, -0.2) is 4.79 Å². The number of carboxylic acid groups (broad SMARTS) is 2. The third-order valence-electron chi connectivity index (χ3n) is 6.74. The minimum absolute atomic E-state index is 0.125. The fourth-order valence-corrected chi connectivity index (χ4v) is 4.42. The first-order valence-electron chi connectivity index (χ1n) is 15.5. The molecule has 14 nitrogen and oxygen atoms in total. The van der Waals surface area contributed by atoms with Crippen molar-refractivity contribution in [1.82, 2.24) is 20.9 Å². The average Bonchev–Trinajstić information content (AvgIpc) is 3.03. The fourth-order valence-electron chi connectivity index (χ4n) is 4.42. The van der Waals surface area contributed by atoms with Gasteiger partial charge < -0.3 is 35.6 Å². The van der Waals surface area contributed by atoms with Crippen molar-refractivity contribution >= 4 is 35.8 Å². The van der Waals surface area contributed by atoms with Gasteiger partial charge in [-0.05, 0) is 43.2 Å². The number of aliphatic carboxylic acids is 2.